The van der Waals surface area contributed by atoms with Gasteiger partial charge in [-0.3, -0.25) is 0 Å². The van der Waals surface area contributed by atoms with Crippen LogP contribution >= 0.6 is 23.2 Å². The van der Waals surface area contributed by atoms with Crippen LogP contribution in [-0.4, -0.2) is 15.0 Å². The summed E-state index contributed by atoms with van der Waals surface area (Å²) in [5.74, 6) is 0.167. The van der Waals surface area contributed by atoms with E-state index >= 15 is 0 Å². The van der Waals surface area contributed by atoms with Gasteiger partial charge in [0.1, 0.15) is 4.90 Å². The van der Waals surface area contributed by atoms with Gasteiger partial charge < -0.3 is 5.73 Å². The van der Waals surface area contributed by atoms with Crippen molar-refractivity contribution >= 4 is 38.9 Å². The number of halogens is 2. The van der Waals surface area contributed by atoms with Crippen molar-refractivity contribution in [1.29, 1.82) is 0 Å². The Hall–Kier alpha value is -0.490. The molecule has 0 radical (unpaired) electrons. The molecule has 0 aromatic heterocycles. The minimum absolute atomic E-state index is 0.00530. The molecule has 1 atom stereocenters. The normalized spacial score (nSPS) is 14.3. The fraction of sp³-hybridized carbons (Fsp3) is 0.538. The molecule has 0 bridgehead atoms. The third-order valence-electron chi connectivity index (χ3n) is 3.44. The molecular formula is C13H20Cl2N2O2S. The molecule has 0 aliphatic heterocycles. The zero-order valence-electron chi connectivity index (χ0n) is 12.0. The van der Waals surface area contributed by atoms with Gasteiger partial charge in [-0.1, -0.05) is 50.9 Å². The fourth-order valence-electron chi connectivity index (χ4n) is 1.38. The van der Waals surface area contributed by atoms with Gasteiger partial charge in [-0.2, -0.15) is 0 Å². The highest BCUT2D eigenvalue weighted by atomic mass is 35.5. The minimum Gasteiger partial charge on any atom is -0.396 e. The first-order valence-electron chi connectivity index (χ1n) is 6.20. The number of hydrogen-bond acceptors (Lipinski definition) is 3. The summed E-state index contributed by atoms with van der Waals surface area (Å²) in [4.78, 5) is -0.0535. The predicted molar refractivity (Wildman–Crippen MR) is 84.7 cm³/mol. The van der Waals surface area contributed by atoms with E-state index in [1.165, 1.54) is 12.1 Å². The molecule has 1 aromatic carbocycles. The first-order chi connectivity index (χ1) is 8.97. The van der Waals surface area contributed by atoms with Crippen molar-refractivity contribution in [3.05, 3.63) is 22.2 Å². The van der Waals surface area contributed by atoms with E-state index < -0.39 is 10.0 Å². The van der Waals surface area contributed by atoms with Crippen LogP contribution in [0.25, 0.3) is 0 Å². The monoisotopic (exact) mass is 338 g/mol. The van der Waals surface area contributed by atoms with Crippen LogP contribution in [0.4, 0.5) is 5.69 Å². The van der Waals surface area contributed by atoms with Crippen LogP contribution < -0.4 is 10.5 Å². The molecular weight excluding hydrogens is 319 g/mol. The quantitative estimate of drug-likeness (QED) is 0.824. The molecule has 0 saturated carbocycles. The van der Waals surface area contributed by atoms with Crippen LogP contribution in [0.15, 0.2) is 17.0 Å². The first kappa shape index (κ1) is 17.6. The van der Waals surface area contributed by atoms with Gasteiger partial charge in [0.25, 0.3) is 0 Å². The Kier molecular flexibility index (Phi) is 5.35. The number of sulfonamides is 1. The van der Waals surface area contributed by atoms with E-state index in [0.29, 0.717) is 6.54 Å². The summed E-state index contributed by atoms with van der Waals surface area (Å²) in [6.07, 6.45) is 0. The van der Waals surface area contributed by atoms with Crippen LogP contribution in [-0.2, 0) is 10.0 Å². The van der Waals surface area contributed by atoms with Gasteiger partial charge in [0, 0.05) is 6.54 Å². The molecule has 1 aromatic rings. The fourth-order valence-corrected chi connectivity index (χ4v) is 3.27. The van der Waals surface area contributed by atoms with E-state index in [4.69, 9.17) is 28.9 Å². The largest absolute Gasteiger partial charge is 0.396 e. The molecule has 0 heterocycles. The molecule has 0 aliphatic carbocycles. The number of anilines is 1. The number of nitrogens with two attached hydrogens (primary N) is 1. The van der Waals surface area contributed by atoms with E-state index in [-0.39, 0.29) is 32.0 Å². The van der Waals surface area contributed by atoms with Crippen LogP contribution in [0.5, 0.6) is 0 Å². The van der Waals surface area contributed by atoms with Crippen LogP contribution in [0, 0.1) is 11.3 Å². The molecule has 0 saturated heterocycles. The van der Waals surface area contributed by atoms with E-state index in [1.807, 2.05) is 6.92 Å². The summed E-state index contributed by atoms with van der Waals surface area (Å²) in [5, 5.41) is 0.186. The summed E-state index contributed by atoms with van der Waals surface area (Å²) in [6.45, 7) is 8.47. The van der Waals surface area contributed by atoms with Gasteiger partial charge >= 0.3 is 0 Å². The van der Waals surface area contributed by atoms with Crippen molar-refractivity contribution < 1.29 is 8.42 Å². The molecule has 0 amide bonds. The topological polar surface area (TPSA) is 72.2 Å². The number of hydrogen-bond donors (Lipinski definition) is 2. The lowest BCUT2D eigenvalue weighted by molar-refractivity contribution is 0.263. The van der Waals surface area contributed by atoms with Gasteiger partial charge in [-0.15, -0.1) is 0 Å². The second-order valence-corrected chi connectivity index (χ2v) is 8.41. The summed E-state index contributed by atoms with van der Waals surface area (Å²) in [7, 11) is -3.71. The van der Waals surface area contributed by atoms with E-state index in [1.54, 1.807) is 0 Å². The highest BCUT2D eigenvalue weighted by molar-refractivity contribution is 7.89. The second-order valence-electron chi connectivity index (χ2n) is 5.89. The Balaban J connectivity index is 2.99. The molecule has 0 fully saturated rings. The number of nitrogens with one attached hydrogen (secondary N) is 1. The van der Waals surface area contributed by atoms with Gasteiger partial charge in [0.2, 0.25) is 10.0 Å². The van der Waals surface area contributed by atoms with Crippen LogP contribution in [0.1, 0.15) is 27.7 Å². The van der Waals surface area contributed by atoms with Crippen molar-refractivity contribution in [3.8, 4) is 0 Å². The lowest BCUT2D eigenvalue weighted by Gasteiger charge is -2.27. The Morgan fingerprint density at radius 1 is 1.30 bits per heavy atom. The summed E-state index contributed by atoms with van der Waals surface area (Å²) >= 11 is 11.8. The molecule has 1 rings (SSSR count). The first-order valence-corrected chi connectivity index (χ1v) is 8.44. The highest BCUT2D eigenvalue weighted by Gasteiger charge is 2.25. The maximum absolute atomic E-state index is 12.3. The van der Waals surface area contributed by atoms with Gasteiger partial charge in [-0.05, 0) is 23.5 Å². The van der Waals surface area contributed by atoms with Crippen molar-refractivity contribution in [3.63, 3.8) is 0 Å². The Bertz CT molecular complexity index is 595. The average Bonchev–Trinajstić information content (AvgIpc) is 2.31. The molecule has 0 spiro atoms. The van der Waals surface area contributed by atoms with E-state index in [0.717, 1.165) is 0 Å². The molecule has 0 aliphatic rings. The number of benzene rings is 1. The standard InChI is InChI=1S/C13H20Cl2N2O2S/c1-8(13(2,3)4)7-17-20(18,19)10-6-5-9(14)12(16)11(10)15/h5-6,8,17H,7,16H2,1-4H3. The Morgan fingerprint density at radius 2 is 1.85 bits per heavy atom. The lowest BCUT2D eigenvalue weighted by atomic mass is 9.82. The highest BCUT2D eigenvalue weighted by Crippen LogP contribution is 2.33. The van der Waals surface area contributed by atoms with Gasteiger partial charge in [0.05, 0.1) is 15.7 Å². The van der Waals surface area contributed by atoms with E-state index in [2.05, 4.69) is 25.5 Å². The Labute approximate surface area is 130 Å². The van der Waals surface area contributed by atoms with Crippen LogP contribution in [0.2, 0.25) is 10.0 Å². The summed E-state index contributed by atoms with van der Waals surface area (Å²) in [5.41, 5.74) is 5.72. The summed E-state index contributed by atoms with van der Waals surface area (Å²) < 4.78 is 27.1. The van der Waals surface area contributed by atoms with Gasteiger partial charge in [0.15, 0.2) is 0 Å². The minimum atomic E-state index is -3.71. The maximum atomic E-state index is 12.3. The van der Waals surface area contributed by atoms with Crippen LogP contribution in [0.3, 0.4) is 0 Å². The van der Waals surface area contributed by atoms with Crippen molar-refractivity contribution in [2.75, 3.05) is 12.3 Å². The second kappa shape index (κ2) is 6.10. The predicted octanol–water partition coefficient (Wildman–Crippen LogP) is 3.54. The zero-order chi connectivity index (χ0) is 15.7. The SMILES string of the molecule is CC(CNS(=O)(=O)c1ccc(Cl)c(N)c1Cl)C(C)(C)C. The van der Waals surface area contributed by atoms with E-state index in [9.17, 15) is 8.42 Å². The molecule has 114 valence electrons. The third-order valence-corrected chi connectivity index (χ3v) is 5.75. The number of nitrogen functional groups attached to an aromatic ring is 1. The summed E-state index contributed by atoms with van der Waals surface area (Å²) in [6, 6.07) is 2.77. The van der Waals surface area contributed by atoms with Crippen molar-refractivity contribution in [2.45, 2.75) is 32.6 Å². The number of rotatable bonds is 4. The zero-order valence-corrected chi connectivity index (χ0v) is 14.3. The third kappa shape index (κ3) is 4.01. The van der Waals surface area contributed by atoms with Crippen molar-refractivity contribution in [2.24, 2.45) is 11.3 Å². The molecule has 4 nitrogen and oxygen atoms in total. The van der Waals surface area contributed by atoms with Gasteiger partial charge in [-0.25, -0.2) is 13.1 Å². The maximum Gasteiger partial charge on any atom is 0.242 e. The lowest BCUT2D eigenvalue weighted by Crippen LogP contribution is -2.33. The molecule has 3 N–H and O–H groups in total. The smallest absolute Gasteiger partial charge is 0.242 e. The Morgan fingerprint density at radius 3 is 2.35 bits per heavy atom. The average molecular weight is 339 g/mol. The molecule has 20 heavy (non-hydrogen) atoms. The molecule has 7 heteroatoms. The van der Waals surface area contributed by atoms with Crippen molar-refractivity contribution in [1.82, 2.24) is 4.72 Å². The molecule has 1 unspecified atom stereocenters.